The van der Waals surface area contributed by atoms with E-state index in [1.807, 2.05) is 39.2 Å². The van der Waals surface area contributed by atoms with Crippen LogP contribution in [0, 0.1) is 6.92 Å². The number of nitrogens with one attached hydrogen (secondary N) is 1. The second-order valence-corrected chi connectivity index (χ2v) is 9.34. The average Bonchev–Trinajstić information content (AvgIpc) is 3.47. The number of aliphatic hydroxyl groups excluding tert-OH is 1. The van der Waals surface area contributed by atoms with E-state index in [0.717, 1.165) is 33.2 Å². The minimum Gasteiger partial charge on any atom is -0.394 e. The van der Waals surface area contributed by atoms with Gasteiger partial charge in [0.1, 0.15) is 10.8 Å². The quantitative estimate of drug-likeness (QED) is 0.320. The predicted molar refractivity (Wildman–Crippen MR) is 142 cm³/mol. The molecule has 186 valence electrons. The maximum Gasteiger partial charge on any atom is 0.260 e. The van der Waals surface area contributed by atoms with Crippen LogP contribution in [0.2, 0.25) is 5.15 Å². The number of aromatic nitrogens is 6. The van der Waals surface area contributed by atoms with Crippen molar-refractivity contribution >= 4 is 39.1 Å². The van der Waals surface area contributed by atoms with E-state index < -0.39 is 0 Å². The van der Waals surface area contributed by atoms with Crippen molar-refractivity contribution in [1.82, 2.24) is 29.1 Å². The summed E-state index contributed by atoms with van der Waals surface area (Å²) in [6.45, 7) is 6.75. The zero-order chi connectivity index (χ0) is 25.6. The molecule has 0 bridgehead atoms. The molecule has 5 aromatic rings. The number of rotatable bonds is 7. The number of aryl methyl sites for hydroxylation is 3. The number of halogens is 1. The van der Waals surface area contributed by atoms with Gasteiger partial charge < -0.3 is 10.4 Å². The molecule has 0 spiro atoms. The molecule has 0 aliphatic heterocycles. The summed E-state index contributed by atoms with van der Waals surface area (Å²) in [5.74, 6) is 0. The van der Waals surface area contributed by atoms with Crippen molar-refractivity contribution in [2.75, 3.05) is 11.9 Å². The number of fused-ring (bicyclic) bond motifs is 3. The molecule has 1 aromatic carbocycles. The fourth-order valence-corrected chi connectivity index (χ4v) is 5.03. The molecule has 10 heteroatoms. The van der Waals surface area contributed by atoms with Gasteiger partial charge in [-0.05, 0) is 50.1 Å². The molecule has 5 rings (SSSR count). The Hall–Kier alpha value is -3.69. The third-order valence-electron chi connectivity index (χ3n) is 6.43. The molecule has 0 saturated carbocycles. The summed E-state index contributed by atoms with van der Waals surface area (Å²) < 4.78 is 5.15. The fraction of sp³-hybridized carbons (Fsp3) is 0.308. The molecule has 36 heavy (non-hydrogen) atoms. The summed E-state index contributed by atoms with van der Waals surface area (Å²) in [4.78, 5) is 18.2. The Kier molecular flexibility index (Phi) is 6.27. The third kappa shape index (κ3) is 4.04. The van der Waals surface area contributed by atoms with Crippen molar-refractivity contribution in [2.45, 2.75) is 39.9 Å². The van der Waals surface area contributed by atoms with Crippen LogP contribution in [0.4, 0.5) is 5.69 Å². The van der Waals surface area contributed by atoms with Gasteiger partial charge in [0.15, 0.2) is 0 Å². The molecule has 9 nitrogen and oxygen atoms in total. The van der Waals surface area contributed by atoms with Crippen LogP contribution in [0.5, 0.6) is 0 Å². The highest BCUT2D eigenvalue weighted by atomic mass is 35.5. The van der Waals surface area contributed by atoms with E-state index in [-0.39, 0.29) is 18.2 Å². The van der Waals surface area contributed by atoms with Gasteiger partial charge in [0.05, 0.1) is 36.9 Å². The number of aliphatic hydroxyl groups is 1. The Balaban J connectivity index is 1.70. The molecule has 0 aliphatic carbocycles. The summed E-state index contributed by atoms with van der Waals surface area (Å²) in [5, 5.41) is 24.7. The summed E-state index contributed by atoms with van der Waals surface area (Å²) in [6, 6.07) is 7.53. The van der Waals surface area contributed by atoms with Crippen molar-refractivity contribution in [2.24, 2.45) is 7.05 Å². The van der Waals surface area contributed by atoms with Gasteiger partial charge in [0, 0.05) is 47.6 Å². The largest absolute Gasteiger partial charge is 0.394 e. The predicted octanol–water partition coefficient (Wildman–Crippen LogP) is 4.29. The van der Waals surface area contributed by atoms with Crippen LogP contribution < -0.4 is 10.9 Å². The van der Waals surface area contributed by atoms with Gasteiger partial charge in [0.2, 0.25) is 0 Å². The number of pyridine rings is 2. The van der Waals surface area contributed by atoms with Crippen molar-refractivity contribution in [3.63, 3.8) is 0 Å². The molecule has 0 aliphatic rings. The Morgan fingerprint density at radius 3 is 2.67 bits per heavy atom. The summed E-state index contributed by atoms with van der Waals surface area (Å²) in [6.07, 6.45) is 5.43. The van der Waals surface area contributed by atoms with E-state index in [9.17, 15) is 9.90 Å². The van der Waals surface area contributed by atoms with Crippen LogP contribution in [0.1, 0.15) is 31.0 Å². The minimum atomic E-state index is -0.174. The lowest BCUT2D eigenvalue weighted by Crippen LogP contribution is -2.23. The number of anilines is 1. The molecule has 0 radical (unpaired) electrons. The van der Waals surface area contributed by atoms with Gasteiger partial charge in [-0.1, -0.05) is 17.7 Å². The fourth-order valence-electron chi connectivity index (χ4n) is 4.88. The van der Waals surface area contributed by atoms with Crippen molar-refractivity contribution in [3.05, 3.63) is 69.5 Å². The van der Waals surface area contributed by atoms with Gasteiger partial charge in [-0.15, -0.1) is 0 Å². The second-order valence-electron chi connectivity index (χ2n) is 8.95. The van der Waals surface area contributed by atoms with E-state index >= 15 is 0 Å². The van der Waals surface area contributed by atoms with E-state index in [2.05, 4.69) is 33.5 Å². The number of hydrogen-bond acceptors (Lipinski definition) is 6. The van der Waals surface area contributed by atoms with Crippen LogP contribution in [-0.2, 0) is 20.1 Å². The maximum absolute atomic E-state index is 13.6. The zero-order valence-electron chi connectivity index (χ0n) is 20.7. The molecule has 1 unspecified atom stereocenters. The van der Waals surface area contributed by atoms with Crippen molar-refractivity contribution < 1.29 is 5.11 Å². The molecule has 2 N–H and O–H groups in total. The lowest BCUT2D eigenvalue weighted by molar-refractivity contribution is 0.271. The Bertz CT molecular complexity index is 1650. The van der Waals surface area contributed by atoms with E-state index in [1.54, 1.807) is 32.4 Å². The van der Waals surface area contributed by atoms with Gasteiger partial charge in [0.25, 0.3) is 5.56 Å². The van der Waals surface area contributed by atoms with Crippen LogP contribution in [0.15, 0.2) is 47.7 Å². The first-order valence-electron chi connectivity index (χ1n) is 11.9. The second kappa shape index (κ2) is 9.40. The summed E-state index contributed by atoms with van der Waals surface area (Å²) in [5.41, 5.74) is 4.98. The van der Waals surface area contributed by atoms with Crippen LogP contribution in [0.25, 0.3) is 33.1 Å². The van der Waals surface area contributed by atoms with Crippen LogP contribution in [-0.4, -0.2) is 40.8 Å². The summed E-state index contributed by atoms with van der Waals surface area (Å²) in [7, 11) is 1.86. The molecule has 1 atom stereocenters. The highest BCUT2D eigenvalue weighted by Gasteiger charge is 2.21. The number of nitrogens with zero attached hydrogens (tertiary/aromatic N) is 6. The molecule has 4 heterocycles. The SMILES string of the molecule is CCn1c(=O)c2cc(C)cc(C(C)Nc3ccc(Cl)nc3-c3cnn(C)c3)c2c2cnn(CCO)c21. The van der Waals surface area contributed by atoms with Gasteiger partial charge in [-0.2, -0.15) is 10.2 Å². The topological polar surface area (TPSA) is 103 Å². The monoisotopic (exact) mass is 505 g/mol. The smallest absolute Gasteiger partial charge is 0.260 e. The molecular weight excluding hydrogens is 478 g/mol. The van der Waals surface area contributed by atoms with Crippen molar-refractivity contribution in [3.8, 4) is 11.3 Å². The van der Waals surface area contributed by atoms with Crippen LogP contribution in [0.3, 0.4) is 0 Å². The Labute approximate surface area is 213 Å². The normalized spacial score (nSPS) is 12.5. The van der Waals surface area contributed by atoms with E-state index in [0.29, 0.717) is 35.0 Å². The first kappa shape index (κ1) is 24.0. The van der Waals surface area contributed by atoms with E-state index in [1.165, 1.54) is 0 Å². The third-order valence-corrected chi connectivity index (χ3v) is 6.64. The lowest BCUT2D eigenvalue weighted by Gasteiger charge is -2.21. The lowest BCUT2D eigenvalue weighted by atomic mass is 9.95. The van der Waals surface area contributed by atoms with Gasteiger partial charge in [-0.25, -0.2) is 9.67 Å². The van der Waals surface area contributed by atoms with E-state index in [4.69, 9.17) is 11.6 Å². The standard InChI is InChI=1S/C26H28ClN7O2/c1-5-33-25-20(13-29-34(25)8-9-35)23-18(10-15(2)11-19(23)26(33)36)16(3)30-21-6-7-22(27)31-24(21)17-12-28-32(4)14-17/h6-7,10-14,16,30,35H,5,8-9H2,1-4H3. The highest BCUT2D eigenvalue weighted by molar-refractivity contribution is 6.29. The van der Waals surface area contributed by atoms with Crippen LogP contribution >= 0.6 is 11.6 Å². The van der Waals surface area contributed by atoms with Crippen molar-refractivity contribution in [1.29, 1.82) is 0 Å². The zero-order valence-corrected chi connectivity index (χ0v) is 21.4. The number of benzene rings is 1. The molecule has 0 fully saturated rings. The molecular formula is C26H28ClN7O2. The highest BCUT2D eigenvalue weighted by Crippen LogP contribution is 2.35. The maximum atomic E-state index is 13.6. The first-order chi connectivity index (χ1) is 17.3. The Morgan fingerprint density at radius 2 is 1.97 bits per heavy atom. The molecule has 0 saturated heterocycles. The van der Waals surface area contributed by atoms with Gasteiger partial charge in [-0.3, -0.25) is 14.0 Å². The number of hydrogen-bond donors (Lipinski definition) is 2. The minimum absolute atomic E-state index is 0.0634. The first-order valence-corrected chi connectivity index (χ1v) is 12.3. The summed E-state index contributed by atoms with van der Waals surface area (Å²) >= 11 is 6.24. The average molecular weight is 506 g/mol. The molecule has 0 amide bonds. The van der Waals surface area contributed by atoms with Gasteiger partial charge >= 0.3 is 0 Å². The Morgan fingerprint density at radius 1 is 1.17 bits per heavy atom. The molecule has 4 aromatic heterocycles.